The van der Waals surface area contributed by atoms with Crippen LogP contribution in [0.4, 0.5) is 0 Å². The number of aliphatic carboxylic acids is 1. The van der Waals surface area contributed by atoms with E-state index in [1.54, 1.807) is 6.07 Å². The van der Waals surface area contributed by atoms with E-state index in [1.165, 1.54) is 0 Å². The molecule has 0 spiro atoms. The maximum atomic E-state index is 12.0. The third kappa shape index (κ3) is 3.15. The molecule has 2 aromatic rings. The SMILES string of the molecule is Cc1ccc(C)c(-c2ccc(CCC(=O)O)c(=O)[nH]2)c1. The molecule has 0 aliphatic heterocycles. The first-order valence-electron chi connectivity index (χ1n) is 6.49. The highest BCUT2D eigenvalue weighted by Gasteiger charge is 2.07. The average molecular weight is 271 g/mol. The number of hydrogen-bond donors (Lipinski definition) is 2. The van der Waals surface area contributed by atoms with Crippen LogP contribution in [0.25, 0.3) is 11.3 Å². The number of nitrogens with one attached hydrogen (secondary N) is 1. The zero-order valence-electron chi connectivity index (χ0n) is 11.6. The Kier molecular flexibility index (Phi) is 4.03. The maximum Gasteiger partial charge on any atom is 0.303 e. The molecule has 0 aliphatic carbocycles. The Balaban J connectivity index is 2.36. The lowest BCUT2D eigenvalue weighted by Gasteiger charge is -2.08. The fourth-order valence-electron chi connectivity index (χ4n) is 2.13. The summed E-state index contributed by atoms with van der Waals surface area (Å²) in [6.45, 7) is 3.99. The van der Waals surface area contributed by atoms with Crippen molar-refractivity contribution in [2.75, 3.05) is 0 Å². The Hall–Kier alpha value is -2.36. The highest BCUT2D eigenvalue weighted by Crippen LogP contribution is 2.21. The number of H-pyrrole nitrogens is 1. The minimum absolute atomic E-state index is 0.0358. The second-order valence-corrected chi connectivity index (χ2v) is 4.94. The summed E-state index contributed by atoms with van der Waals surface area (Å²) < 4.78 is 0. The lowest BCUT2D eigenvalue weighted by Crippen LogP contribution is -2.14. The molecule has 0 unspecified atom stereocenters. The van der Waals surface area contributed by atoms with Crippen molar-refractivity contribution < 1.29 is 9.90 Å². The van der Waals surface area contributed by atoms with Gasteiger partial charge in [-0.3, -0.25) is 9.59 Å². The molecule has 104 valence electrons. The Bertz CT molecular complexity index is 701. The highest BCUT2D eigenvalue weighted by molar-refractivity contribution is 5.67. The van der Waals surface area contributed by atoms with Gasteiger partial charge in [0.05, 0.1) is 0 Å². The molecular weight excluding hydrogens is 254 g/mol. The molecule has 1 aromatic carbocycles. The van der Waals surface area contributed by atoms with E-state index in [4.69, 9.17) is 5.11 Å². The number of aromatic amines is 1. The predicted molar refractivity (Wildman–Crippen MR) is 77.9 cm³/mol. The zero-order chi connectivity index (χ0) is 14.7. The van der Waals surface area contributed by atoms with Gasteiger partial charge in [-0.05, 0) is 38.0 Å². The molecule has 0 saturated carbocycles. The van der Waals surface area contributed by atoms with Gasteiger partial charge in [0.2, 0.25) is 0 Å². The molecule has 1 aromatic heterocycles. The lowest BCUT2D eigenvalue weighted by atomic mass is 10.0. The quantitative estimate of drug-likeness (QED) is 0.898. The average Bonchev–Trinajstić information content (AvgIpc) is 2.40. The van der Waals surface area contributed by atoms with Crippen molar-refractivity contribution in [3.05, 3.63) is 57.4 Å². The third-order valence-electron chi connectivity index (χ3n) is 3.28. The topological polar surface area (TPSA) is 70.2 Å². The Morgan fingerprint density at radius 1 is 1.20 bits per heavy atom. The van der Waals surface area contributed by atoms with Crippen molar-refractivity contribution in [1.29, 1.82) is 0 Å². The Morgan fingerprint density at radius 3 is 2.60 bits per heavy atom. The number of carbonyl (C=O) groups is 1. The molecule has 20 heavy (non-hydrogen) atoms. The second-order valence-electron chi connectivity index (χ2n) is 4.94. The van der Waals surface area contributed by atoms with Gasteiger partial charge < -0.3 is 10.1 Å². The van der Waals surface area contributed by atoms with Crippen LogP contribution in [0.15, 0.2) is 35.1 Å². The number of aromatic nitrogens is 1. The maximum absolute atomic E-state index is 12.0. The largest absolute Gasteiger partial charge is 0.481 e. The summed E-state index contributed by atoms with van der Waals surface area (Å²) in [6.07, 6.45) is 0.212. The minimum Gasteiger partial charge on any atom is -0.481 e. The summed E-state index contributed by atoms with van der Waals surface area (Å²) >= 11 is 0. The van der Waals surface area contributed by atoms with Crippen LogP contribution in [-0.4, -0.2) is 16.1 Å². The molecule has 0 bridgehead atoms. The first-order valence-corrected chi connectivity index (χ1v) is 6.49. The van der Waals surface area contributed by atoms with E-state index in [0.29, 0.717) is 5.56 Å². The van der Waals surface area contributed by atoms with E-state index in [9.17, 15) is 9.59 Å². The van der Waals surface area contributed by atoms with Gasteiger partial charge in [0.1, 0.15) is 0 Å². The summed E-state index contributed by atoms with van der Waals surface area (Å²) in [7, 11) is 0. The molecule has 0 saturated heterocycles. The van der Waals surface area contributed by atoms with Crippen LogP contribution in [0.5, 0.6) is 0 Å². The molecule has 1 heterocycles. The van der Waals surface area contributed by atoms with Gasteiger partial charge in [-0.15, -0.1) is 0 Å². The van der Waals surface area contributed by atoms with Gasteiger partial charge >= 0.3 is 5.97 Å². The number of aryl methyl sites for hydroxylation is 3. The molecule has 2 N–H and O–H groups in total. The number of hydrogen-bond acceptors (Lipinski definition) is 2. The smallest absolute Gasteiger partial charge is 0.303 e. The van der Waals surface area contributed by atoms with E-state index in [-0.39, 0.29) is 18.4 Å². The van der Waals surface area contributed by atoms with Gasteiger partial charge in [0.25, 0.3) is 5.56 Å². The molecule has 4 nitrogen and oxygen atoms in total. The third-order valence-corrected chi connectivity index (χ3v) is 3.28. The molecule has 4 heteroatoms. The molecular formula is C16H17NO3. The van der Waals surface area contributed by atoms with E-state index in [2.05, 4.69) is 4.98 Å². The predicted octanol–water partition coefficient (Wildman–Crippen LogP) is 2.68. The number of carboxylic acids is 1. The van der Waals surface area contributed by atoms with Gasteiger partial charge in [-0.2, -0.15) is 0 Å². The van der Waals surface area contributed by atoms with Crippen molar-refractivity contribution in [2.45, 2.75) is 26.7 Å². The molecule has 0 radical (unpaired) electrons. The van der Waals surface area contributed by atoms with Crippen LogP contribution in [0.1, 0.15) is 23.1 Å². The fraction of sp³-hybridized carbons (Fsp3) is 0.250. The Labute approximate surface area is 117 Å². The standard InChI is InChI=1S/C16H17NO3/c1-10-3-4-11(2)13(9-10)14-7-5-12(16(20)17-14)6-8-15(18)19/h3-5,7,9H,6,8H2,1-2H3,(H,17,20)(H,18,19). The van der Waals surface area contributed by atoms with Crippen molar-refractivity contribution in [3.63, 3.8) is 0 Å². The number of pyridine rings is 1. The number of carboxylic acid groups (broad SMARTS) is 1. The summed E-state index contributed by atoms with van der Waals surface area (Å²) in [6, 6.07) is 9.61. The van der Waals surface area contributed by atoms with E-state index in [0.717, 1.165) is 22.4 Å². The first kappa shape index (κ1) is 14.1. The normalized spacial score (nSPS) is 10.5. The van der Waals surface area contributed by atoms with Crippen LogP contribution >= 0.6 is 0 Å². The van der Waals surface area contributed by atoms with Gasteiger partial charge in [0.15, 0.2) is 0 Å². The molecule has 2 rings (SSSR count). The summed E-state index contributed by atoms with van der Waals surface area (Å²) in [5.41, 5.74) is 4.25. The zero-order valence-corrected chi connectivity index (χ0v) is 11.6. The lowest BCUT2D eigenvalue weighted by molar-refractivity contribution is -0.136. The number of rotatable bonds is 4. The second kappa shape index (κ2) is 5.74. The number of benzene rings is 1. The van der Waals surface area contributed by atoms with Crippen LogP contribution in [0, 0.1) is 13.8 Å². The van der Waals surface area contributed by atoms with Crippen LogP contribution in [0.3, 0.4) is 0 Å². The van der Waals surface area contributed by atoms with Gasteiger partial charge in [-0.25, -0.2) is 0 Å². The van der Waals surface area contributed by atoms with E-state index in [1.807, 2.05) is 38.1 Å². The van der Waals surface area contributed by atoms with Crippen molar-refractivity contribution >= 4 is 5.97 Å². The van der Waals surface area contributed by atoms with Gasteiger partial charge in [0, 0.05) is 23.2 Å². The Morgan fingerprint density at radius 2 is 1.95 bits per heavy atom. The van der Waals surface area contributed by atoms with Crippen LogP contribution in [-0.2, 0) is 11.2 Å². The fourth-order valence-corrected chi connectivity index (χ4v) is 2.13. The van der Waals surface area contributed by atoms with Gasteiger partial charge in [-0.1, -0.05) is 23.8 Å². The van der Waals surface area contributed by atoms with E-state index < -0.39 is 5.97 Å². The van der Waals surface area contributed by atoms with Crippen molar-refractivity contribution in [2.24, 2.45) is 0 Å². The van der Waals surface area contributed by atoms with Crippen LogP contribution in [0.2, 0.25) is 0 Å². The van der Waals surface area contributed by atoms with Crippen LogP contribution < -0.4 is 5.56 Å². The summed E-state index contributed by atoms with van der Waals surface area (Å²) in [4.78, 5) is 25.4. The minimum atomic E-state index is -0.900. The molecule has 0 aliphatic rings. The molecule has 0 amide bonds. The van der Waals surface area contributed by atoms with E-state index >= 15 is 0 Å². The monoisotopic (exact) mass is 271 g/mol. The highest BCUT2D eigenvalue weighted by atomic mass is 16.4. The van der Waals surface area contributed by atoms with Crippen molar-refractivity contribution in [1.82, 2.24) is 4.98 Å². The van der Waals surface area contributed by atoms with Crippen molar-refractivity contribution in [3.8, 4) is 11.3 Å². The summed E-state index contributed by atoms with van der Waals surface area (Å²) in [5.74, 6) is -0.900. The first-order chi connectivity index (χ1) is 9.47. The molecule has 0 atom stereocenters. The summed E-state index contributed by atoms with van der Waals surface area (Å²) in [5, 5.41) is 8.65. The molecule has 0 fully saturated rings.